The first kappa shape index (κ1) is 12.7. The lowest BCUT2D eigenvalue weighted by atomic mass is 10.2. The fraction of sp³-hybridized carbons (Fsp3) is 0.500. The Morgan fingerprint density at radius 3 is 2.71 bits per heavy atom. The van der Waals surface area contributed by atoms with Crippen LogP contribution < -0.4 is 10.1 Å². The van der Waals surface area contributed by atoms with Crippen molar-refractivity contribution in [2.75, 3.05) is 13.7 Å². The van der Waals surface area contributed by atoms with E-state index in [2.05, 4.69) is 21.2 Å². The third kappa shape index (κ3) is 2.73. The first-order chi connectivity index (χ1) is 8.10. The third-order valence-corrected chi connectivity index (χ3v) is 3.74. The fourth-order valence-electron chi connectivity index (χ4n) is 1.72. The highest BCUT2D eigenvalue weighted by atomic mass is 79.9. The Morgan fingerprint density at radius 1 is 1.47 bits per heavy atom. The maximum absolute atomic E-state index is 9.68. The number of aliphatic hydroxyl groups excluding tert-OH is 1. The maximum Gasteiger partial charge on any atom is 0.172 e. The number of ether oxygens (including phenoxy) is 1. The van der Waals surface area contributed by atoms with E-state index in [0.29, 0.717) is 16.8 Å². The summed E-state index contributed by atoms with van der Waals surface area (Å²) < 4.78 is 5.70. The van der Waals surface area contributed by atoms with Crippen LogP contribution in [0.15, 0.2) is 16.6 Å². The van der Waals surface area contributed by atoms with E-state index < -0.39 is 0 Å². The Kier molecular flexibility index (Phi) is 3.61. The van der Waals surface area contributed by atoms with E-state index in [4.69, 9.17) is 4.74 Å². The van der Waals surface area contributed by atoms with Gasteiger partial charge in [-0.2, -0.15) is 0 Å². The zero-order valence-corrected chi connectivity index (χ0v) is 11.2. The number of phenolic OH excluding ortho intramolecular Hbond substituents is 1. The quantitative estimate of drug-likeness (QED) is 0.776. The van der Waals surface area contributed by atoms with Crippen molar-refractivity contribution in [1.29, 1.82) is 0 Å². The molecule has 1 aromatic rings. The molecule has 1 aliphatic rings. The van der Waals surface area contributed by atoms with Gasteiger partial charge in [-0.1, -0.05) is 0 Å². The molecule has 0 saturated heterocycles. The molecule has 1 aliphatic carbocycles. The third-order valence-electron chi connectivity index (χ3n) is 3.13. The number of nitrogens with one attached hydrogen (secondary N) is 1. The minimum Gasteiger partial charge on any atom is -0.503 e. The van der Waals surface area contributed by atoms with Crippen LogP contribution in [0.1, 0.15) is 18.4 Å². The lowest BCUT2D eigenvalue weighted by Crippen LogP contribution is -2.34. The monoisotopic (exact) mass is 301 g/mol. The van der Waals surface area contributed by atoms with E-state index in [1.54, 1.807) is 6.07 Å². The molecule has 2 rings (SSSR count). The van der Waals surface area contributed by atoms with Gasteiger partial charge in [0.1, 0.15) is 0 Å². The molecule has 4 nitrogen and oxygen atoms in total. The van der Waals surface area contributed by atoms with Crippen molar-refractivity contribution in [3.05, 3.63) is 22.2 Å². The van der Waals surface area contributed by atoms with Crippen LogP contribution in [0.2, 0.25) is 0 Å². The molecule has 0 radical (unpaired) electrons. The number of phenols is 1. The predicted octanol–water partition coefficient (Wildman–Crippen LogP) is 1.78. The van der Waals surface area contributed by atoms with E-state index in [1.165, 1.54) is 7.11 Å². The molecule has 0 spiro atoms. The number of aromatic hydroxyl groups is 1. The second kappa shape index (κ2) is 4.84. The van der Waals surface area contributed by atoms with Crippen molar-refractivity contribution in [3.8, 4) is 11.5 Å². The van der Waals surface area contributed by atoms with Gasteiger partial charge in [0.25, 0.3) is 0 Å². The summed E-state index contributed by atoms with van der Waals surface area (Å²) in [6.45, 7) is 0.819. The number of aliphatic hydroxyl groups is 1. The summed E-state index contributed by atoms with van der Waals surface area (Å²) in [6, 6.07) is 3.64. The molecule has 1 aromatic carbocycles. The molecule has 0 aromatic heterocycles. The van der Waals surface area contributed by atoms with Crippen molar-refractivity contribution in [3.63, 3.8) is 0 Å². The first-order valence-corrected chi connectivity index (χ1v) is 6.31. The second-order valence-electron chi connectivity index (χ2n) is 4.42. The van der Waals surface area contributed by atoms with Crippen LogP contribution in [-0.4, -0.2) is 29.5 Å². The van der Waals surface area contributed by atoms with Crippen LogP contribution in [0.25, 0.3) is 0 Å². The van der Waals surface area contributed by atoms with E-state index in [-0.39, 0.29) is 17.9 Å². The summed E-state index contributed by atoms with van der Waals surface area (Å²) in [4.78, 5) is 0. The predicted molar refractivity (Wildman–Crippen MR) is 68.2 cm³/mol. The van der Waals surface area contributed by atoms with Crippen molar-refractivity contribution in [2.45, 2.75) is 24.9 Å². The van der Waals surface area contributed by atoms with Crippen molar-refractivity contribution >= 4 is 15.9 Å². The molecule has 0 atom stereocenters. The summed E-state index contributed by atoms with van der Waals surface area (Å²) in [5.41, 5.74) is 0.920. The molecule has 0 bridgehead atoms. The number of methoxy groups -OCH3 is 1. The van der Waals surface area contributed by atoms with Gasteiger partial charge in [-0.25, -0.2) is 0 Å². The second-order valence-corrected chi connectivity index (χ2v) is 5.27. The molecule has 94 valence electrons. The smallest absolute Gasteiger partial charge is 0.172 e. The van der Waals surface area contributed by atoms with Crippen molar-refractivity contribution in [2.24, 2.45) is 0 Å². The van der Waals surface area contributed by atoms with E-state index in [0.717, 1.165) is 18.4 Å². The Morgan fingerprint density at radius 2 is 2.18 bits per heavy atom. The molecule has 0 unspecified atom stereocenters. The summed E-state index contributed by atoms with van der Waals surface area (Å²) >= 11 is 3.28. The highest BCUT2D eigenvalue weighted by molar-refractivity contribution is 9.10. The van der Waals surface area contributed by atoms with Gasteiger partial charge in [0.05, 0.1) is 18.2 Å². The summed E-state index contributed by atoms with van der Waals surface area (Å²) in [5, 5.41) is 22.2. The molecular formula is C12H16BrNO3. The number of rotatable bonds is 5. The number of hydrogen-bond acceptors (Lipinski definition) is 4. The lowest BCUT2D eigenvalue weighted by molar-refractivity contribution is 0.229. The van der Waals surface area contributed by atoms with Crippen molar-refractivity contribution < 1.29 is 14.9 Å². The molecule has 0 amide bonds. The van der Waals surface area contributed by atoms with Gasteiger partial charge >= 0.3 is 0 Å². The largest absolute Gasteiger partial charge is 0.503 e. The zero-order chi connectivity index (χ0) is 12.5. The molecule has 1 fully saturated rings. The van der Waals surface area contributed by atoms with Gasteiger partial charge in [0.15, 0.2) is 11.5 Å². The van der Waals surface area contributed by atoms with Crippen LogP contribution >= 0.6 is 15.9 Å². The Balaban J connectivity index is 2.08. The number of hydrogen-bond donors (Lipinski definition) is 3. The van der Waals surface area contributed by atoms with Gasteiger partial charge in [-0.15, -0.1) is 0 Å². The normalized spacial score (nSPS) is 16.9. The summed E-state index contributed by atoms with van der Waals surface area (Å²) in [5.74, 6) is 0.560. The summed E-state index contributed by atoms with van der Waals surface area (Å²) in [7, 11) is 1.52. The Labute approximate surface area is 109 Å². The first-order valence-electron chi connectivity index (χ1n) is 5.51. The molecule has 3 N–H and O–H groups in total. The highest BCUT2D eigenvalue weighted by Crippen LogP contribution is 2.37. The topological polar surface area (TPSA) is 61.7 Å². The van der Waals surface area contributed by atoms with Crippen LogP contribution in [0.5, 0.6) is 11.5 Å². The van der Waals surface area contributed by atoms with Crippen LogP contribution in [0.4, 0.5) is 0 Å². The van der Waals surface area contributed by atoms with Gasteiger partial charge < -0.3 is 20.3 Å². The molecule has 0 heterocycles. The zero-order valence-electron chi connectivity index (χ0n) is 9.66. The fourth-order valence-corrected chi connectivity index (χ4v) is 2.21. The maximum atomic E-state index is 9.68. The number of benzene rings is 1. The highest BCUT2D eigenvalue weighted by Gasteiger charge is 2.41. The Bertz CT molecular complexity index is 418. The SMILES string of the molecule is COc1cc(CNC2(CO)CC2)cc(Br)c1O. The molecule has 1 saturated carbocycles. The van der Waals surface area contributed by atoms with Crippen LogP contribution in [0, 0.1) is 0 Å². The van der Waals surface area contributed by atoms with Gasteiger partial charge in [0, 0.05) is 12.1 Å². The average molecular weight is 302 g/mol. The van der Waals surface area contributed by atoms with E-state index >= 15 is 0 Å². The molecular weight excluding hydrogens is 286 g/mol. The van der Waals surface area contributed by atoms with Gasteiger partial charge in [-0.05, 0) is 46.5 Å². The Hall–Kier alpha value is -0.780. The van der Waals surface area contributed by atoms with Gasteiger partial charge in [0.2, 0.25) is 0 Å². The van der Waals surface area contributed by atoms with Gasteiger partial charge in [-0.3, -0.25) is 0 Å². The standard InChI is InChI=1S/C12H16BrNO3/c1-17-10-5-8(4-9(13)11(10)16)6-14-12(7-15)2-3-12/h4-5,14-16H,2-3,6-7H2,1H3. The average Bonchev–Trinajstić information content (AvgIpc) is 3.11. The summed E-state index contributed by atoms with van der Waals surface area (Å²) in [6.07, 6.45) is 2.03. The minimum atomic E-state index is -0.0857. The molecule has 0 aliphatic heterocycles. The van der Waals surface area contributed by atoms with E-state index in [9.17, 15) is 10.2 Å². The molecule has 5 heteroatoms. The van der Waals surface area contributed by atoms with E-state index in [1.807, 2.05) is 6.07 Å². The van der Waals surface area contributed by atoms with Crippen molar-refractivity contribution in [1.82, 2.24) is 5.32 Å². The number of halogens is 1. The van der Waals surface area contributed by atoms with Crippen LogP contribution in [0.3, 0.4) is 0 Å². The minimum absolute atomic E-state index is 0.0857. The van der Waals surface area contributed by atoms with Crippen LogP contribution in [-0.2, 0) is 6.54 Å². The lowest BCUT2D eigenvalue weighted by Gasteiger charge is -2.15. The molecule has 17 heavy (non-hydrogen) atoms.